The lowest BCUT2D eigenvalue weighted by atomic mass is 10.1. The van der Waals surface area contributed by atoms with Crippen LogP contribution in [0.4, 0.5) is 5.69 Å². The van der Waals surface area contributed by atoms with E-state index in [2.05, 4.69) is 18.7 Å². The number of benzene rings is 1. The fourth-order valence-corrected chi connectivity index (χ4v) is 2.86. The first kappa shape index (κ1) is 24.0. The molecule has 1 aromatic carbocycles. The molecular weight excluding hydrogens is 356 g/mol. The van der Waals surface area contributed by atoms with E-state index in [9.17, 15) is 9.59 Å². The minimum atomic E-state index is -0.586. The van der Waals surface area contributed by atoms with Gasteiger partial charge in [0, 0.05) is 12.2 Å². The third-order valence-corrected chi connectivity index (χ3v) is 4.47. The summed E-state index contributed by atoms with van der Waals surface area (Å²) in [5.74, 6) is -1.12. The Morgan fingerprint density at radius 2 is 1.46 bits per heavy atom. The van der Waals surface area contributed by atoms with Crippen LogP contribution in [-0.4, -0.2) is 49.7 Å². The highest BCUT2D eigenvalue weighted by atomic mass is 16.5. The van der Waals surface area contributed by atoms with Crippen LogP contribution in [0.5, 0.6) is 0 Å². The van der Waals surface area contributed by atoms with Crippen molar-refractivity contribution in [3.05, 3.63) is 29.3 Å². The number of ether oxygens (including phenoxy) is 2. The maximum atomic E-state index is 12.5. The van der Waals surface area contributed by atoms with Crippen molar-refractivity contribution in [3.8, 4) is 0 Å². The number of carbonyl (C=O) groups excluding carboxylic acids is 2. The van der Waals surface area contributed by atoms with E-state index >= 15 is 0 Å². The zero-order valence-corrected chi connectivity index (χ0v) is 17.7. The molecule has 0 spiro atoms. The third kappa shape index (κ3) is 8.30. The van der Waals surface area contributed by atoms with Gasteiger partial charge in [-0.2, -0.15) is 0 Å². The van der Waals surface area contributed by atoms with Gasteiger partial charge < -0.3 is 20.1 Å². The highest BCUT2D eigenvalue weighted by Crippen LogP contribution is 2.19. The lowest BCUT2D eigenvalue weighted by Gasteiger charge is -2.21. The third-order valence-electron chi connectivity index (χ3n) is 4.47. The van der Waals surface area contributed by atoms with Gasteiger partial charge in [0.05, 0.1) is 24.3 Å². The number of esters is 2. The minimum Gasteiger partial charge on any atom is -0.462 e. The first-order valence-corrected chi connectivity index (χ1v) is 10.5. The van der Waals surface area contributed by atoms with Gasteiger partial charge in [0.2, 0.25) is 0 Å². The molecule has 1 aromatic rings. The van der Waals surface area contributed by atoms with Crippen molar-refractivity contribution in [1.82, 2.24) is 4.90 Å². The van der Waals surface area contributed by atoms with Crippen LogP contribution < -0.4 is 5.73 Å². The molecule has 28 heavy (non-hydrogen) atoms. The Labute approximate surface area is 169 Å². The van der Waals surface area contributed by atoms with Crippen molar-refractivity contribution in [1.29, 1.82) is 0 Å². The summed E-state index contributed by atoms with van der Waals surface area (Å²) in [5.41, 5.74) is 6.38. The first-order valence-electron chi connectivity index (χ1n) is 10.5. The van der Waals surface area contributed by atoms with E-state index in [1.54, 1.807) is 18.2 Å². The van der Waals surface area contributed by atoms with Crippen molar-refractivity contribution >= 4 is 17.6 Å². The average Bonchev–Trinajstić information content (AvgIpc) is 2.70. The quantitative estimate of drug-likeness (QED) is 0.289. The Morgan fingerprint density at radius 1 is 0.857 bits per heavy atom. The zero-order chi connectivity index (χ0) is 20.8. The number of nitrogen functional groups attached to an aromatic ring is 1. The smallest absolute Gasteiger partial charge is 0.341 e. The monoisotopic (exact) mass is 392 g/mol. The molecule has 0 radical (unpaired) electrons. The molecule has 0 atom stereocenters. The predicted molar refractivity (Wildman–Crippen MR) is 113 cm³/mol. The van der Waals surface area contributed by atoms with E-state index in [0.717, 1.165) is 26.1 Å². The van der Waals surface area contributed by atoms with Crippen molar-refractivity contribution in [2.45, 2.75) is 59.3 Å². The minimum absolute atomic E-state index is 0.0912. The number of anilines is 1. The van der Waals surface area contributed by atoms with Crippen molar-refractivity contribution < 1.29 is 19.1 Å². The second-order valence-electron chi connectivity index (χ2n) is 6.94. The highest BCUT2D eigenvalue weighted by Gasteiger charge is 2.22. The SMILES string of the molecule is CCCCN(CCCC)CCCOC(=O)c1cccc(N)c1C(=O)OCCC. The number of carbonyl (C=O) groups is 2. The van der Waals surface area contributed by atoms with Gasteiger partial charge >= 0.3 is 11.9 Å². The van der Waals surface area contributed by atoms with Gasteiger partial charge in [-0.25, -0.2) is 9.59 Å². The summed E-state index contributed by atoms with van der Waals surface area (Å²) in [4.78, 5) is 27.2. The molecule has 0 fully saturated rings. The molecule has 2 N–H and O–H groups in total. The number of hydrogen-bond acceptors (Lipinski definition) is 6. The Kier molecular flexibility index (Phi) is 12.0. The Hall–Kier alpha value is -2.08. The highest BCUT2D eigenvalue weighted by molar-refractivity contribution is 6.06. The van der Waals surface area contributed by atoms with Gasteiger partial charge in [-0.1, -0.05) is 39.7 Å². The van der Waals surface area contributed by atoms with Gasteiger partial charge in [0.25, 0.3) is 0 Å². The maximum absolute atomic E-state index is 12.5. The summed E-state index contributed by atoms with van der Waals surface area (Å²) in [7, 11) is 0. The summed E-state index contributed by atoms with van der Waals surface area (Å²) in [6, 6.07) is 4.77. The molecule has 0 aromatic heterocycles. The average molecular weight is 393 g/mol. The molecule has 0 unspecified atom stereocenters. The first-order chi connectivity index (χ1) is 13.5. The largest absolute Gasteiger partial charge is 0.462 e. The van der Waals surface area contributed by atoms with Crippen LogP contribution in [0.25, 0.3) is 0 Å². The summed E-state index contributed by atoms with van der Waals surface area (Å²) in [5, 5.41) is 0. The Bertz CT molecular complexity index is 596. The molecule has 158 valence electrons. The van der Waals surface area contributed by atoms with E-state index in [1.165, 1.54) is 25.7 Å². The lowest BCUT2D eigenvalue weighted by Crippen LogP contribution is -2.28. The van der Waals surface area contributed by atoms with Crippen LogP contribution >= 0.6 is 0 Å². The number of nitrogens with two attached hydrogens (primary N) is 1. The van der Waals surface area contributed by atoms with E-state index in [0.29, 0.717) is 13.0 Å². The number of unbranched alkanes of at least 4 members (excludes halogenated alkanes) is 2. The summed E-state index contributed by atoms with van der Waals surface area (Å²) < 4.78 is 10.6. The molecule has 0 heterocycles. The second kappa shape index (κ2) is 14.0. The number of rotatable bonds is 14. The predicted octanol–water partition coefficient (Wildman–Crippen LogP) is 4.28. The molecule has 6 heteroatoms. The molecule has 1 rings (SSSR count). The topological polar surface area (TPSA) is 81.9 Å². The van der Waals surface area contributed by atoms with Crippen molar-refractivity contribution in [2.24, 2.45) is 0 Å². The molecule has 0 aliphatic rings. The van der Waals surface area contributed by atoms with Crippen molar-refractivity contribution in [3.63, 3.8) is 0 Å². The Morgan fingerprint density at radius 3 is 2.07 bits per heavy atom. The van der Waals surface area contributed by atoms with E-state index < -0.39 is 11.9 Å². The van der Waals surface area contributed by atoms with Crippen LogP contribution in [0.15, 0.2) is 18.2 Å². The standard InChI is InChI=1S/C22H36N2O4/c1-4-7-13-24(14-8-5-2)15-10-17-28-21(25)18-11-9-12-19(23)20(18)22(26)27-16-6-3/h9,11-12H,4-8,10,13-17,23H2,1-3H3. The molecule has 0 amide bonds. The molecule has 0 saturated heterocycles. The second-order valence-corrected chi connectivity index (χ2v) is 6.94. The maximum Gasteiger partial charge on any atom is 0.341 e. The van der Waals surface area contributed by atoms with Crippen LogP contribution in [-0.2, 0) is 9.47 Å². The van der Waals surface area contributed by atoms with Gasteiger partial charge in [0.1, 0.15) is 0 Å². The zero-order valence-electron chi connectivity index (χ0n) is 17.7. The van der Waals surface area contributed by atoms with E-state index in [1.807, 2.05) is 6.92 Å². The fourth-order valence-electron chi connectivity index (χ4n) is 2.86. The fraction of sp³-hybridized carbons (Fsp3) is 0.636. The van der Waals surface area contributed by atoms with Gasteiger partial charge in [0.15, 0.2) is 0 Å². The summed E-state index contributed by atoms with van der Waals surface area (Å²) in [6.07, 6.45) is 6.15. The summed E-state index contributed by atoms with van der Waals surface area (Å²) in [6.45, 7) is 9.93. The number of nitrogens with zero attached hydrogens (tertiary/aromatic N) is 1. The molecule has 0 saturated carbocycles. The molecule has 0 aliphatic carbocycles. The summed E-state index contributed by atoms with van der Waals surface area (Å²) >= 11 is 0. The normalized spacial score (nSPS) is 10.9. The van der Waals surface area contributed by atoms with E-state index in [-0.39, 0.29) is 23.4 Å². The molecule has 6 nitrogen and oxygen atoms in total. The van der Waals surface area contributed by atoms with Crippen LogP contribution in [0.1, 0.15) is 80.0 Å². The van der Waals surface area contributed by atoms with Crippen LogP contribution in [0, 0.1) is 0 Å². The van der Waals surface area contributed by atoms with Crippen LogP contribution in [0.3, 0.4) is 0 Å². The van der Waals surface area contributed by atoms with E-state index in [4.69, 9.17) is 15.2 Å². The van der Waals surface area contributed by atoms with Crippen LogP contribution in [0.2, 0.25) is 0 Å². The van der Waals surface area contributed by atoms with Gasteiger partial charge in [-0.15, -0.1) is 0 Å². The van der Waals surface area contributed by atoms with Gasteiger partial charge in [-0.05, 0) is 50.9 Å². The van der Waals surface area contributed by atoms with Gasteiger partial charge in [-0.3, -0.25) is 0 Å². The Balaban J connectivity index is 2.60. The van der Waals surface area contributed by atoms with Crippen molar-refractivity contribution in [2.75, 3.05) is 38.6 Å². The molecular formula is C22H36N2O4. The molecule has 0 aliphatic heterocycles. The molecule has 0 bridgehead atoms. The lowest BCUT2D eigenvalue weighted by molar-refractivity contribution is 0.0449. The number of hydrogen-bond donors (Lipinski definition) is 1.